The van der Waals surface area contributed by atoms with Crippen molar-refractivity contribution in [1.29, 1.82) is 5.26 Å². The molecule has 2 aliphatic rings. The molecule has 1 atom stereocenters. The lowest BCUT2D eigenvalue weighted by molar-refractivity contribution is -0.116. The zero-order valence-corrected chi connectivity index (χ0v) is 26.6. The number of para-hydroxylation sites is 1. The van der Waals surface area contributed by atoms with Crippen LogP contribution in [-0.2, 0) is 9.59 Å². The average molecular weight is 633 g/mol. The summed E-state index contributed by atoms with van der Waals surface area (Å²) in [6.07, 6.45) is 1.53. The van der Waals surface area contributed by atoms with Gasteiger partial charge in [-0.05, 0) is 55.5 Å². The van der Waals surface area contributed by atoms with E-state index in [0.717, 1.165) is 16.8 Å². The molecule has 3 N–H and O–H groups in total. The Kier molecular flexibility index (Phi) is 9.12. The van der Waals surface area contributed by atoms with Crippen LogP contribution in [0.25, 0.3) is 0 Å². The van der Waals surface area contributed by atoms with Crippen LogP contribution in [0.15, 0.2) is 57.3 Å². The molecular formula is C31H32N6O5S2. The van der Waals surface area contributed by atoms with Crippen molar-refractivity contribution < 1.29 is 23.8 Å². The van der Waals surface area contributed by atoms with E-state index in [2.05, 4.69) is 21.6 Å². The van der Waals surface area contributed by atoms with E-state index >= 15 is 0 Å². The number of nitrogens with two attached hydrogens (primary N) is 1. The maximum Gasteiger partial charge on any atom is 0.234 e. The Labute approximate surface area is 263 Å². The molecule has 1 unspecified atom stereocenters. The van der Waals surface area contributed by atoms with E-state index in [0.29, 0.717) is 62.8 Å². The van der Waals surface area contributed by atoms with E-state index in [1.54, 1.807) is 17.0 Å². The fraction of sp³-hybridized carbons (Fsp3) is 0.323. The second-order valence-corrected chi connectivity index (χ2v) is 12.4. The molecule has 1 amide bonds. The number of aryl methyl sites for hydroxylation is 2. The fourth-order valence-corrected chi connectivity index (χ4v) is 7.25. The quantitative estimate of drug-likeness (QED) is 0.299. The first kappa shape index (κ1) is 30.9. The van der Waals surface area contributed by atoms with Gasteiger partial charge < -0.3 is 25.3 Å². The molecule has 0 bridgehead atoms. The van der Waals surface area contributed by atoms with Gasteiger partial charge >= 0.3 is 0 Å². The van der Waals surface area contributed by atoms with Crippen LogP contribution in [0.1, 0.15) is 41.9 Å². The van der Waals surface area contributed by atoms with Gasteiger partial charge in [-0.1, -0.05) is 41.3 Å². The smallest absolute Gasteiger partial charge is 0.234 e. The second-order valence-electron chi connectivity index (χ2n) is 10.2. The van der Waals surface area contributed by atoms with Crippen molar-refractivity contribution in [3.8, 4) is 23.3 Å². The summed E-state index contributed by atoms with van der Waals surface area (Å²) >= 11 is 2.50. The van der Waals surface area contributed by atoms with E-state index in [9.17, 15) is 14.9 Å². The van der Waals surface area contributed by atoms with Gasteiger partial charge in [-0.15, -0.1) is 10.2 Å². The maximum absolute atomic E-state index is 13.5. The number of hydrogen-bond donors (Lipinski definition) is 2. The van der Waals surface area contributed by atoms with Crippen LogP contribution in [0, 0.1) is 25.2 Å². The molecule has 0 saturated heterocycles. The monoisotopic (exact) mass is 632 g/mol. The molecule has 1 aliphatic carbocycles. The Hall–Kier alpha value is -4.54. The first-order valence-corrected chi connectivity index (χ1v) is 15.6. The number of allylic oxidation sites excluding steroid dienone is 3. The summed E-state index contributed by atoms with van der Waals surface area (Å²) in [5, 5.41) is 22.4. The van der Waals surface area contributed by atoms with Crippen LogP contribution >= 0.6 is 23.1 Å². The summed E-state index contributed by atoms with van der Waals surface area (Å²) in [6.45, 7) is 3.90. The predicted octanol–water partition coefficient (Wildman–Crippen LogP) is 5.22. The summed E-state index contributed by atoms with van der Waals surface area (Å²) in [5.74, 6) is 0.533. The first-order valence-electron chi connectivity index (χ1n) is 13.8. The molecule has 44 heavy (non-hydrogen) atoms. The minimum atomic E-state index is -0.733. The third-order valence-electron chi connectivity index (χ3n) is 7.59. The number of rotatable bonds is 9. The minimum absolute atomic E-state index is 0.0717. The summed E-state index contributed by atoms with van der Waals surface area (Å²) in [5.41, 5.74) is 11.4. The average Bonchev–Trinajstić information content (AvgIpc) is 3.49. The van der Waals surface area contributed by atoms with Gasteiger partial charge in [0.1, 0.15) is 5.82 Å². The van der Waals surface area contributed by atoms with Crippen LogP contribution in [0.3, 0.4) is 0 Å². The Morgan fingerprint density at radius 3 is 2.43 bits per heavy atom. The molecule has 13 heteroatoms. The lowest BCUT2D eigenvalue weighted by atomic mass is 9.75. The van der Waals surface area contributed by atoms with Gasteiger partial charge in [0.25, 0.3) is 0 Å². The zero-order chi connectivity index (χ0) is 31.5. The summed E-state index contributed by atoms with van der Waals surface area (Å²) in [4.78, 5) is 27.9. The van der Waals surface area contributed by atoms with E-state index in [1.807, 2.05) is 32.0 Å². The van der Waals surface area contributed by atoms with Gasteiger partial charge in [-0.25, -0.2) is 0 Å². The summed E-state index contributed by atoms with van der Waals surface area (Å²) in [7, 11) is 4.52. The van der Waals surface area contributed by atoms with Crippen molar-refractivity contribution in [3.05, 3.63) is 69.7 Å². The van der Waals surface area contributed by atoms with E-state index in [1.165, 1.54) is 44.4 Å². The number of carbonyl (C=O) groups excluding carboxylic acids is 2. The molecule has 1 aliphatic heterocycles. The largest absolute Gasteiger partial charge is 0.493 e. The number of methoxy groups -OCH3 is 3. The van der Waals surface area contributed by atoms with Gasteiger partial charge in [0, 0.05) is 23.4 Å². The molecule has 0 radical (unpaired) electrons. The van der Waals surface area contributed by atoms with Crippen LogP contribution in [0.5, 0.6) is 17.2 Å². The normalized spacial score (nSPS) is 16.4. The van der Waals surface area contributed by atoms with E-state index < -0.39 is 5.92 Å². The number of nitrogens with zero attached hydrogens (tertiary/aromatic N) is 4. The third-order valence-corrected chi connectivity index (χ3v) is 9.63. The fourth-order valence-electron chi connectivity index (χ4n) is 5.57. The maximum atomic E-state index is 13.5. The molecule has 3 aromatic rings. The number of anilines is 2. The van der Waals surface area contributed by atoms with Gasteiger partial charge in [0.05, 0.1) is 44.6 Å². The molecule has 1 aromatic heterocycles. The molecule has 2 heterocycles. The molecular weight excluding hydrogens is 601 g/mol. The van der Waals surface area contributed by atoms with Crippen molar-refractivity contribution in [1.82, 2.24) is 10.2 Å². The van der Waals surface area contributed by atoms with Gasteiger partial charge in [-0.2, -0.15) is 5.26 Å². The van der Waals surface area contributed by atoms with Crippen LogP contribution in [0.2, 0.25) is 0 Å². The highest BCUT2D eigenvalue weighted by Crippen LogP contribution is 2.50. The Bertz CT molecular complexity index is 1700. The molecule has 2 aromatic carbocycles. The lowest BCUT2D eigenvalue weighted by Gasteiger charge is -2.38. The Morgan fingerprint density at radius 2 is 1.82 bits per heavy atom. The van der Waals surface area contributed by atoms with Gasteiger partial charge in [0.2, 0.25) is 16.8 Å². The van der Waals surface area contributed by atoms with Crippen molar-refractivity contribution in [3.63, 3.8) is 0 Å². The molecule has 228 valence electrons. The highest BCUT2D eigenvalue weighted by atomic mass is 32.2. The van der Waals surface area contributed by atoms with Gasteiger partial charge in [0.15, 0.2) is 21.6 Å². The second kappa shape index (κ2) is 13.0. The SMILES string of the molecule is COc1cc(C2C(C#N)=C(N)N(c3nnc(SCC(=O)Nc4c(C)cccc4C)s3)C3=C2C(=O)CCC3)cc(OC)c1OC. The number of Topliss-reactive ketones (excluding diaryl/α,β-unsaturated/α-hetero) is 1. The van der Waals surface area contributed by atoms with Crippen LogP contribution < -0.4 is 30.2 Å². The first-order chi connectivity index (χ1) is 21.2. The highest BCUT2D eigenvalue weighted by molar-refractivity contribution is 8.01. The minimum Gasteiger partial charge on any atom is -0.493 e. The third kappa shape index (κ3) is 5.70. The Balaban J connectivity index is 1.48. The molecule has 0 fully saturated rings. The number of ether oxygens (including phenoxy) is 3. The zero-order valence-electron chi connectivity index (χ0n) is 25.0. The van der Waals surface area contributed by atoms with E-state index in [4.69, 9.17) is 19.9 Å². The summed E-state index contributed by atoms with van der Waals surface area (Å²) < 4.78 is 17.1. The molecule has 0 spiro atoms. The standard InChI is InChI=1S/C31H32N6O5S2/c1-16-8-6-9-17(2)27(16)34-24(39)15-43-31-36-35-30(44-31)37-20-10-7-11-21(38)26(20)25(19(14-32)29(37)33)18-12-22(40-3)28(42-5)23(13-18)41-4/h6,8-9,12-13,25H,7,10-11,15,33H2,1-5H3,(H,34,39). The number of benzene rings is 2. The lowest BCUT2D eigenvalue weighted by Crippen LogP contribution is -2.38. The van der Waals surface area contributed by atoms with Gasteiger partial charge in [-0.3, -0.25) is 14.5 Å². The number of aromatic nitrogens is 2. The van der Waals surface area contributed by atoms with Crippen molar-refractivity contribution in [2.75, 3.05) is 37.3 Å². The summed E-state index contributed by atoms with van der Waals surface area (Å²) in [6, 6.07) is 11.6. The number of nitrogens with one attached hydrogen (secondary N) is 1. The van der Waals surface area contributed by atoms with Crippen LogP contribution in [0.4, 0.5) is 10.8 Å². The Morgan fingerprint density at radius 1 is 1.14 bits per heavy atom. The number of carbonyl (C=O) groups is 2. The number of thioether (sulfide) groups is 1. The number of hydrogen-bond acceptors (Lipinski definition) is 12. The topological polar surface area (TPSA) is 153 Å². The van der Waals surface area contributed by atoms with Crippen LogP contribution in [-0.4, -0.2) is 49.0 Å². The molecule has 5 rings (SSSR count). The number of nitriles is 1. The molecule has 0 saturated carbocycles. The van der Waals surface area contributed by atoms with Crippen molar-refractivity contribution in [2.24, 2.45) is 5.73 Å². The number of ketones is 1. The highest BCUT2D eigenvalue weighted by Gasteiger charge is 2.42. The predicted molar refractivity (Wildman–Crippen MR) is 169 cm³/mol. The molecule has 11 nitrogen and oxygen atoms in total. The number of amides is 1. The van der Waals surface area contributed by atoms with Crippen molar-refractivity contribution >= 4 is 45.6 Å². The van der Waals surface area contributed by atoms with E-state index in [-0.39, 0.29) is 28.8 Å². The van der Waals surface area contributed by atoms with Crippen molar-refractivity contribution in [2.45, 2.75) is 43.4 Å².